The van der Waals surface area contributed by atoms with Gasteiger partial charge in [0.25, 0.3) is 0 Å². The summed E-state index contributed by atoms with van der Waals surface area (Å²) in [5.74, 6) is -0.488. The number of hydrogen-bond donors (Lipinski definition) is 1. The van der Waals surface area contributed by atoms with Crippen LogP contribution in [0.5, 0.6) is 0 Å². The Morgan fingerprint density at radius 1 is 1.41 bits per heavy atom. The summed E-state index contributed by atoms with van der Waals surface area (Å²) >= 11 is 0. The van der Waals surface area contributed by atoms with Gasteiger partial charge in [-0.25, -0.2) is 4.68 Å². The molecule has 2 rings (SSSR count). The third-order valence-corrected chi connectivity index (χ3v) is 2.66. The van der Waals surface area contributed by atoms with Gasteiger partial charge in [0.05, 0.1) is 0 Å². The fourth-order valence-corrected chi connectivity index (χ4v) is 1.63. The van der Waals surface area contributed by atoms with Crippen LogP contribution in [0, 0.1) is 13.8 Å². The Labute approximate surface area is 97.9 Å². The van der Waals surface area contributed by atoms with E-state index < -0.39 is 5.97 Å². The molecular formula is C11H12N4O2. The monoisotopic (exact) mass is 232 g/mol. The first-order valence-electron chi connectivity index (χ1n) is 5.14. The van der Waals surface area contributed by atoms with Crippen LogP contribution in [0.15, 0.2) is 18.2 Å². The summed E-state index contributed by atoms with van der Waals surface area (Å²) in [6.07, 6.45) is 0. The Balaban J connectivity index is 2.50. The molecule has 0 aliphatic carbocycles. The lowest BCUT2D eigenvalue weighted by atomic mass is 10.0. The number of rotatable bonds is 3. The molecule has 1 heterocycles. The largest absolute Gasteiger partial charge is 0.480 e. The fraction of sp³-hybridized carbons (Fsp3) is 0.273. The maximum Gasteiger partial charge on any atom is 0.325 e. The number of aryl methyl sites for hydroxylation is 1. The SMILES string of the molecule is Cc1cccc(-c2nnnn2CC(=O)O)c1C. The van der Waals surface area contributed by atoms with Crippen LogP contribution in [0.25, 0.3) is 11.4 Å². The highest BCUT2D eigenvalue weighted by Crippen LogP contribution is 2.22. The standard InChI is InChI=1S/C11H12N4O2/c1-7-4-3-5-9(8(7)2)11-12-13-14-15(11)6-10(16)17/h3-5H,6H2,1-2H3,(H,16,17). The van der Waals surface area contributed by atoms with Crippen molar-refractivity contribution in [3.05, 3.63) is 29.3 Å². The van der Waals surface area contributed by atoms with Crippen LogP contribution in [0.2, 0.25) is 0 Å². The van der Waals surface area contributed by atoms with Gasteiger partial charge in [-0.15, -0.1) is 5.10 Å². The average Bonchev–Trinajstić information content (AvgIpc) is 2.69. The third kappa shape index (κ3) is 2.15. The molecule has 0 radical (unpaired) electrons. The number of carboxylic acid groups (broad SMARTS) is 1. The van der Waals surface area contributed by atoms with Crippen LogP contribution in [0.4, 0.5) is 0 Å². The molecule has 0 saturated heterocycles. The lowest BCUT2D eigenvalue weighted by Gasteiger charge is -2.07. The Morgan fingerprint density at radius 3 is 2.88 bits per heavy atom. The van der Waals surface area contributed by atoms with Gasteiger partial charge in [0.2, 0.25) is 0 Å². The van der Waals surface area contributed by atoms with E-state index in [4.69, 9.17) is 5.11 Å². The van der Waals surface area contributed by atoms with Crippen molar-refractivity contribution in [1.29, 1.82) is 0 Å². The summed E-state index contributed by atoms with van der Waals surface area (Å²) < 4.78 is 1.28. The first-order valence-corrected chi connectivity index (χ1v) is 5.14. The number of tetrazole rings is 1. The zero-order chi connectivity index (χ0) is 12.4. The molecule has 1 N–H and O–H groups in total. The Kier molecular flexibility index (Phi) is 2.86. The minimum atomic E-state index is -0.969. The summed E-state index contributed by atoms with van der Waals surface area (Å²) in [7, 11) is 0. The summed E-state index contributed by atoms with van der Waals surface area (Å²) in [5, 5.41) is 19.8. The molecule has 0 spiro atoms. The van der Waals surface area contributed by atoms with Gasteiger partial charge in [0.15, 0.2) is 5.82 Å². The quantitative estimate of drug-likeness (QED) is 0.855. The van der Waals surface area contributed by atoms with Crippen LogP contribution < -0.4 is 0 Å². The molecule has 1 aromatic carbocycles. The normalized spacial score (nSPS) is 10.5. The maximum absolute atomic E-state index is 10.7. The van der Waals surface area contributed by atoms with E-state index >= 15 is 0 Å². The highest BCUT2D eigenvalue weighted by atomic mass is 16.4. The van der Waals surface area contributed by atoms with E-state index in [1.807, 2.05) is 32.0 Å². The van der Waals surface area contributed by atoms with Crippen molar-refractivity contribution in [2.24, 2.45) is 0 Å². The molecule has 1 aromatic heterocycles. The summed E-state index contributed by atoms with van der Waals surface area (Å²) in [4.78, 5) is 10.7. The zero-order valence-electron chi connectivity index (χ0n) is 9.58. The Morgan fingerprint density at radius 2 is 2.18 bits per heavy atom. The van der Waals surface area contributed by atoms with Gasteiger partial charge < -0.3 is 5.11 Å². The first kappa shape index (κ1) is 11.3. The van der Waals surface area contributed by atoms with Crippen LogP contribution in [-0.4, -0.2) is 31.3 Å². The van der Waals surface area contributed by atoms with Gasteiger partial charge in [-0.3, -0.25) is 4.79 Å². The lowest BCUT2D eigenvalue weighted by molar-refractivity contribution is -0.137. The molecule has 0 amide bonds. The van der Waals surface area contributed by atoms with E-state index in [1.165, 1.54) is 4.68 Å². The molecule has 2 aromatic rings. The summed E-state index contributed by atoms with van der Waals surface area (Å²) in [6.45, 7) is 3.71. The van der Waals surface area contributed by atoms with E-state index in [0.29, 0.717) is 5.82 Å². The minimum Gasteiger partial charge on any atom is -0.480 e. The minimum absolute atomic E-state index is 0.240. The van der Waals surface area contributed by atoms with Crippen molar-refractivity contribution in [2.75, 3.05) is 0 Å². The second-order valence-electron chi connectivity index (χ2n) is 3.80. The van der Waals surface area contributed by atoms with Crippen molar-refractivity contribution < 1.29 is 9.90 Å². The molecule has 0 fully saturated rings. The van der Waals surface area contributed by atoms with Crippen LogP contribution in [0.1, 0.15) is 11.1 Å². The average molecular weight is 232 g/mol. The topological polar surface area (TPSA) is 80.9 Å². The highest BCUT2D eigenvalue weighted by Gasteiger charge is 2.13. The molecule has 0 aliphatic heterocycles. The lowest BCUT2D eigenvalue weighted by Crippen LogP contribution is -2.12. The van der Waals surface area contributed by atoms with Gasteiger partial charge in [-0.05, 0) is 35.4 Å². The first-order chi connectivity index (χ1) is 8.09. The fourth-order valence-electron chi connectivity index (χ4n) is 1.63. The second kappa shape index (κ2) is 4.32. The molecule has 0 bridgehead atoms. The van der Waals surface area contributed by atoms with E-state index in [9.17, 15) is 4.79 Å². The molecule has 0 atom stereocenters. The van der Waals surface area contributed by atoms with E-state index in [2.05, 4.69) is 15.5 Å². The Hall–Kier alpha value is -2.24. The number of nitrogens with zero attached hydrogens (tertiary/aromatic N) is 4. The maximum atomic E-state index is 10.7. The molecule has 17 heavy (non-hydrogen) atoms. The molecule has 88 valence electrons. The number of aliphatic carboxylic acids is 1. The van der Waals surface area contributed by atoms with Gasteiger partial charge >= 0.3 is 5.97 Å². The predicted octanol–water partition coefficient (Wildman–Crippen LogP) is 1.04. The van der Waals surface area contributed by atoms with Crippen molar-refractivity contribution >= 4 is 5.97 Å². The van der Waals surface area contributed by atoms with Crippen LogP contribution >= 0.6 is 0 Å². The number of carboxylic acids is 1. The van der Waals surface area contributed by atoms with E-state index in [-0.39, 0.29) is 6.54 Å². The van der Waals surface area contributed by atoms with Gasteiger partial charge in [-0.2, -0.15) is 0 Å². The van der Waals surface area contributed by atoms with Gasteiger partial charge in [-0.1, -0.05) is 18.2 Å². The highest BCUT2D eigenvalue weighted by molar-refractivity contribution is 5.68. The number of carbonyl (C=O) groups is 1. The third-order valence-electron chi connectivity index (χ3n) is 2.66. The number of benzene rings is 1. The molecule has 6 heteroatoms. The van der Waals surface area contributed by atoms with Crippen LogP contribution in [-0.2, 0) is 11.3 Å². The summed E-state index contributed by atoms with van der Waals surface area (Å²) in [6, 6.07) is 5.77. The number of hydrogen-bond acceptors (Lipinski definition) is 4. The second-order valence-corrected chi connectivity index (χ2v) is 3.80. The van der Waals surface area contributed by atoms with Crippen molar-refractivity contribution in [3.8, 4) is 11.4 Å². The zero-order valence-corrected chi connectivity index (χ0v) is 9.58. The predicted molar refractivity (Wildman–Crippen MR) is 60.4 cm³/mol. The molecule has 0 unspecified atom stereocenters. The van der Waals surface area contributed by atoms with Gasteiger partial charge in [0, 0.05) is 5.56 Å². The van der Waals surface area contributed by atoms with Crippen LogP contribution in [0.3, 0.4) is 0 Å². The van der Waals surface area contributed by atoms with Crippen molar-refractivity contribution in [2.45, 2.75) is 20.4 Å². The molecule has 0 aliphatic rings. The van der Waals surface area contributed by atoms with Gasteiger partial charge in [0.1, 0.15) is 6.54 Å². The summed E-state index contributed by atoms with van der Waals surface area (Å²) in [5.41, 5.74) is 3.03. The number of aromatic nitrogens is 4. The molecule has 6 nitrogen and oxygen atoms in total. The van der Waals surface area contributed by atoms with Crippen molar-refractivity contribution in [1.82, 2.24) is 20.2 Å². The molecular weight excluding hydrogens is 220 g/mol. The molecule has 0 saturated carbocycles. The smallest absolute Gasteiger partial charge is 0.325 e. The Bertz CT molecular complexity index is 562. The van der Waals surface area contributed by atoms with E-state index in [1.54, 1.807) is 0 Å². The van der Waals surface area contributed by atoms with E-state index in [0.717, 1.165) is 16.7 Å². The van der Waals surface area contributed by atoms with Crippen molar-refractivity contribution in [3.63, 3.8) is 0 Å².